The van der Waals surface area contributed by atoms with Crippen molar-refractivity contribution in [1.82, 2.24) is 0 Å². The van der Waals surface area contributed by atoms with Gasteiger partial charge in [-0.15, -0.1) is 0 Å². The molecule has 0 aliphatic heterocycles. The van der Waals surface area contributed by atoms with E-state index in [9.17, 15) is 9.59 Å². The Bertz CT molecular complexity index is 768. The zero-order chi connectivity index (χ0) is 18.6. The summed E-state index contributed by atoms with van der Waals surface area (Å²) in [6.07, 6.45) is -0.962. The SMILES string of the molecule is Cc1ccc([C@H](C)C(=O)Nc2ccc(C)c(O[C@H](C)C(=O)O)c2)cc1. The van der Waals surface area contributed by atoms with Crippen LogP contribution in [-0.2, 0) is 9.59 Å². The molecular weight excluding hydrogens is 318 g/mol. The molecule has 5 nitrogen and oxygen atoms in total. The van der Waals surface area contributed by atoms with Gasteiger partial charge in [-0.05, 0) is 44.9 Å². The first kappa shape index (κ1) is 18.5. The highest BCUT2D eigenvalue weighted by molar-refractivity contribution is 5.95. The minimum Gasteiger partial charge on any atom is -0.479 e. The molecule has 0 saturated heterocycles. The Labute approximate surface area is 147 Å². The van der Waals surface area contributed by atoms with Gasteiger partial charge in [0.15, 0.2) is 6.10 Å². The van der Waals surface area contributed by atoms with Crippen molar-refractivity contribution in [2.24, 2.45) is 0 Å². The molecule has 2 N–H and O–H groups in total. The highest BCUT2D eigenvalue weighted by Gasteiger charge is 2.17. The highest BCUT2D eigenvalue weighted by Crippen LogP contribution is 2.25. The van der Waals surface area contributed by atoms with Crippen LogP contribution < -0.4 is 10.1 Å². The van der Waals surface area contributed by atoms with Crippen molar-refractivity contribution >= 4 is 17.6 Å². The van der Waals surface area contributed by atoms with E-state index >= 15 is 0 Å². The number of anilines is 1. The van der Waals surface area contributed by atoms with Crippen LogP contribution in [0.25, 0.3) is 0 Å². The van der Waals surface area contributed by atoms with Crippen LogP contribution in [0, 0.1) is 13.8 Å². The van der Waals surface area contributed by atoms with Crippen LogP contribution >= 0.6 is 0 Å². The smallest absolute Gasteiger partial charge is 0.344 e. The molecule has 5 heteroatoms. The minimum atomic E-state index is -1.04. The molecule has 0 unspecified atom stereocenters. The minimum absolute atomic E-state index is 0.134. The number of carbonyl (C=O) groups is 2. The largest absolute Gasteiger partial charge is 0.479 e. The summed E-state index contributed by atoms with van der Waals surface area (Å²) in [5.41, 5.74) is 3.45. The number of carboxylic acids is 1. The zero-order valence-corrected chi connectivity index (χ0v) is 14.9. The third-order valence-corrected chi connectivity index (χ3v) is 4.08. The highest BCUT2D eigenvalue weighted by atomic mass is 16.5. The molecule has 0 heterocycles. The number of carboxylic acid groups (broad SMARTS) is 1. The van der Waals surface area contributed by atoms with Gasteiger partial charge in [0.2, 0.25) is 5.91 Å². The molecule has 0 fully saturated rings. The van der Waals surface area contributed by atoms with Crippen LogP contribution in [0.4, 0.5) is 5.69 Å². The van der Waals surface area contributed by atoms with E-state index in [0.717, 1.165) is 16.7 Å². The van der Waals surface area contributed by atoms with E-state index in [1.807, 2.05) is 45.0 Å². The maximum atomic E-state index is 12.5. The lowest BCUT2D eigenvalue weighted by atomic mass is 9.99. The molecular formula is C20H23NO4. The lowest BCUT2D eigenvalue weighted by Gasteiger charge is -2.16. The lowest BCUT2D eigenvalue weighted by Crippen LogP contribution is -2.23. The van der Waals surface area contributed by atoms with Crippen LogP contribution in [0.3, 0.4) is 0 Å². The molecule has 1 amide bonds. The van der Waals surface area contributed by atoms with E-state index in [-0.39, 0.29) is 11.8 Å². The number of nitrogens with one attached hydrogen (secondary N) is 1. The molecule has 0 aromatic heterocycles. The maximum Gasteiger partial charge on any atom is 0.344 e. The number of hydrogen-bond acceptors (Lipinski definition) is 3. The number of hydrogen-bond donors (Lipinski definition) is 2. The third kappa shape index (κ3) is 4.83. The van der Waals surface area contributed by atoms with Crippen LogP contribution in [-0.4, -0.2) is 23.1 Å². The predicted molar refractivity (Wildman–Crippen MR) is 97.1 cm³/mol. The monoisotopic (exact) mass is 341 g/mol. The van der Waals surface area contributed by atoms with E-state index in [1.165, 1.54) is 6.92 Å². The van der Waals surface area contributed by atoms with E-state index in [1.54, 1.807) is 18.2 Å². The van der Waals surface area contributed by atoms with Crippen molar-refractivity contribution in [3.63, 3.8) is 0 Å². The van der Waals surface area contributed by atoms with Crippen molar-refractivity contribution in [3.05, 3.63) is 59.2 Å². The van der Waals surface area contributed by atoms with Crippen molar-refractivity contribution in [1.29, 1.82) is 0 Å². The average molecular weight is 341 g/mol. The second-order valence-electron chi connectivity index (χ2n) is 6.20. The molecule has 0 saturated carbocycles. The lowest BCUT2D eigenvalue weighted by molar-refractivity contribution is -0.144. The van der Waals surface area contributed by atoms with Gasteiger partial charge in [0, 0.05) is 11.8 Å². The Hall–Kier alpha value is -2.82. The first-order valence-corrected chi connectivity index (χ1v) is 8.15. The average Bonchev–Trinajstić information content (AvgIpc) is 2.57. The molecule has 2 rings (SSSR count). The van der Waals surface area contributed by atoms with Crippen LogP contribution in [0.1, 0.15) is 36.5 Å². The molecule has 0 aliphatic rings. The molecule has 0 aliphatic carbocycles. The van der Waals surface area contributed by atoms with Gasteiger partial charge < -0.3 is 15.2 Å². The number of rotatable bonds is 6. The number of benzene rings is 2. The standard InChI is InChI=1S/C20H23NO4/c1-12-5-8-16(9-6-12)14(3)19(22)21-17-10-7-13(2)18(11-17)25-15(4)20(23)24/h5-11,14-15H,1-4H3,(H,21,22)(H,23,24)/t14-,15+/m0/s1. The number of ether oxygens (including phenoxy) is 1. The normalized spacial score (nSPS) is 13.0. The third-order valence-electron chi connectivity index (χ3n) is 4.08. The Morgan fingerprint density at radius 3 is 2.28 bits per heavy atom. The summed E-state index contributed by atoms with van der Waals surface area (Å²) < 4.78 is 5.44. The van der Waals surface area contributed by atoms with Crippen molar-refractivity contribution in [2.75, 3.05) is 5.32 Å². The Kier molecular flexibility index (Phi) is 5.80. The summed E-state index contributed by atoms with van der Waals surface area (Å²) in [6, 6.07) is 13.0. The number of aryl methyl sites for hydroxylation is 2. The summed E-state index contributed by atoms with van der Waals surface area (Å²) in [5, 5.41) is 11.8. The fraction of sp³-hybridized carbons (Fsp3) is 0.300. The number of aliphatic carboxylic acids is 1. The molecule has 132 valence electrons. The van der Waals surface area contributed by atoms with E-state index in [0.29, 0.717) is 11.4 Å². The zero-order valence-electron chi connectivity index (χ0n) is 14.9. The molecule has 2 aromatic carbocycles. The summed E-state index contributed by atoms with van der Waals surface area (Å²) >= 11 is 0. The Balaban J connectivity index is 2.12. The predicted octanol–water partition coefficient (Wildman–Crippen LogP) is 3.90. The molecule has 0 bridgehead atoms. The Morgan fingerprint density at radius 1 is 1.04 bits per heavy atom. The summed E-state index contributed by atoms with van der Waals surface area (Å²) in [4.78, 5) is 23.4. The van der Waals surface area contributed by atoms with Crippen LogP contribution in [0.15, 0.2) is 42.5 Å². The quantitative estimate of drug-likeness (QED) is 0.835. The van der Waals surface area contributed by atoms with E-state index in [2.05, 4.69) is 5.32 Å². The van der Waals surface area contributed by atoms with Crippen LogP contribution in [0.5, 0.6) is 5.75 Å². The molecule has 25 heavy (non-hydrogen) atoms. The van der Waals surface area contributed by atoms with Gasteiger partial charge in [0.25, 0.3) is 0 Å². The molecule has 2 atom stereocenters. The van der Waals surface area contributed by atoms with Gasteiger partial charge in [-0.2, -0.15) is 0 Å². The number of amides is 1. The Morgan fingerprint density at radius 2 is 1.68 bits per heavy atom. The van der Waals surface area contributed by atoms with Gasteiger partial charge >= 0.3 is 5.97 Å². The molecule has 0 spiro atoms. The second kappa shape index (κ2) is 7.83. The fourth-order valence-corrected chi connectivity index (χ4v) is 2.30. The van der Waals surface area contributed by atoms with Crippen molar-refractivity contribution in [3.8, 4) is 5.75 Å². The van der Waals surface area contributed by atoms with Gasteiger partial charge in [-0.25, -0.2) is 4.79 Å². The maximum absolute atomic E-state index is 12.5. The topological polar surface area (TPSA) is 75.6 Å². The van der Waals surface area contributed by atoms with E-state index in [4.69, 9.17) is 9.84 Å². The summed E-state index contributed by atoms with van der Waals surface area (Å²) in [6.45, 7) is 7.13. The summed E-state index contributed by atoms with van der Waals surface area (Å²) in [7, 11) is 0. The van der Waals surface area contributed by atoms with Crippen molar-refractivity contribution in [2.45, 2.75) is 39.7 Å². The molecule has 0 radical (unpaired) electrons. The second-order valence-corrected chi connectivity index (χ2v) is 6.20. The van der Waals surface area contributed by atoms with E-state index < -0.39 is 12.1 Å². The first-order chi connectivity index (χ1) is 11.8. The van der Waals surface area contributed by atoms with Crippen LogP contribution in [0.2, 0.25) is 0 Å². The van der Waals surface area contributed by atoms with Gasteiger partial charge in [0.1, 0.15) is 5.75 Å². The van der Waals surface area contributed by atoms with Gasteiger partial charge in [0.05, 0.1) is 5.92 Å². The van der Waals surface area contributed by atoms with Gasteiger partial charge in [-0.1, -0.05) is 35.9 Å². The number of carbonyl (C=O) groups excluding carboxylic acids is 1. The van der Waals surface area contributed by atoms with Gasteiger partial charge in [-0.3, -0.25) is 4.79 Å². The molecule has 2 aromatic rings. The summed E-state index contributed by atoms with van der Waals surface area (Å²) in [5.74, 6) is -1.04. The van der Waals surface area contributed by atoms with Crippen molar-refractivity contribution < 1.29 is 19.4 Å². The fourth-order valence-electron chi connectivity index (χ4n) is 2.30. The first-order valence-electron chi connectivity index (χ1n) is 8.15.